The highest BCUT2D eigenvalue weighted by Crippen LogP contribution is 2.39. The minimum absolute atomic E-state index is 0.488. The van der Waals surface area contributed by atoms with E-state index in [1.807, 2.05) is 20.8 Å². The van der Waals surface area contributed by atoms with Gasteiger partial charge in [0.2, 0.25) is 0 Å². The van der Waals surface area contributed by atoms with Gasteiger partial charge in [-0.3, -0.25) is 0 Å². The molecule has 1 aliphatic heterocycles. The SMILES string of the molecule is CCO[Si](CC=C1CCC2OC2C1)(OCC)OCC. The Morgan fingerprint density at radius 1 is 1.11 bits per heavy atom. The van der Waals surface area contributed by atoms with Crippen LogP contribution in [-0.2, 0) is 18.0 Å². The molecule has 2 unspecified atom stereocenters. The standard InChI is InChI=1S/C14H26O4Si/c1-4-15-19(16-5-2,17-6-3)10-9-12-7-8-13-14(11-12)18-13/h9,13-14H,4-8,10-11H2,1-3H3. The van der Waals surface area contributed by atoms with Crippen molar-refractivity contribution in [1.29, 1.82) is 0 Å². The Labute approximate surface area is 117 Å². The van der Waals surface area contributed by atoms with Crippen molar-refractivity contribution in [3.8, 4) is 0 Å². The number of ether oxygens (including phenoxy) is 1. The van der Waals surface area contributed by atoms with Crippen molar-refractivity contribution in [2.24, 2.45) is 0 Å². The summed E-state index contributed by atoms with van der Waals surface area (Å²) in [6.07, 6.45) is 6.72. The highest BCUT2D eigenvalue weighted by molar-refractivity contribution is 6.61. The normalized spacial score (nSPS) is 28.5. The van der Waals surface area contributed by atoms with E-state index >= 15 is 0 Å². The fraction of sp³-hybridized carbons (Fsp3) is 0.857. The van der Waals surface area contributed by atoms with Crippen LogP contribution in [0.4, 0.5) is 0 Å². The average molecular weight is 286 g/mol. The Hall–Kier alpha value is -0.203. The first-order valence-corrected chi connectivity index (χ1v) is 9.41. The topological polar surface area (TPSA) is 40.2 Å². The fourth-order valence-electron chi connectivity index (χ4n) is 2.72. The van der Waals surface area contributed by atoms with Crippen molar-refractivity contribution in [2.75, 3.05) is 19.8 Å². The summed E-state index contributed by atoms with van der Waals surface area (Å²) in [5, 5.41) is 0. The van der Waals surface area contributed by atoms with Crippen LogP contribution in [0.1, 0.15) is 40.0 Å². The maximum atomic E-state index is 5.86. The van der Waals surface area contributed by atoms with Gasteiger partial charge in [0.1, 0.15) is 0 Å². The zero-order chi connectivity index (χ0) is 13.7. The Bertz CT molecular complexity index is 302. The van der Waals surface area contributed by atoms with Crippen LogP contribution in [0.15, 0.2) is 11.6 Å². The van der Waals surface area contributed by atoms with E-state index in [2.05, 4.69) is 6.08 Å². The maximum Gasteiger partial charge on any atom is 0.504 e. The van der Waals surface area contributed by atoms with E-state index in [-0.39, 0.29) is 0 Å². The number of epoxide rings is 1. The van der Waals surface area contributed by atoms with Crippen LogP contribution in [0.25, 0.3) is 0 Å². The minimum Gasteiger partial charge on any atom is -0.374 e. The van der Waals surface area contributed by atoms with E-state index in [0.29, 0.717) is 32.0 Å². The molecule has 1 saturated heterocycles. The zero-order valence-corrected chi connectivity index (χ0v) is 13.3. The van der Waals surface area contributed by atoms with E-state index in [0.717, 1.165) is 18.9 Å². The Morgan fingerprint density at radius 2 is 1.74 bits per heavy atom. The maximum absolute atomic E-state index is 5.86. The van der Waals surface area contributed by atoms with Crippen LogP contribution >= 0.6 is 0 Å². The van der Waals surface area contributed by atoms with Gasteiger partial charge in [-0.2, -0.15) is 0 Å². The number of hydrogen-bond donors (Lipinski definition) is 0. The zero-order valence-electron chi connectivity index (χ0n) is 12.3. The van der Waals surface area contributed by atoms with Crippen molar-refractivity contribution < 1.29 is 18.0 Å². The summed E-state index contributed by atoms with van der Waals surface area (Å²) in [5.74, 6) is 0. The van der Waals surface area contributed by atoms with Crippen molar-refractivity contribution in [3.63, 3.8) is 0 Å². The van der Waals surface area contributed by atoms with Crippen molar-refractivity contribution in [2.45, 2.75) is 58.3 Å². The molecular formula is C14H26O4Si. The molecule has 0 aromatic heterocycles. The van der Waals surface area contributed by atoms with Crippen LogP contribution in [0, 0.1) is 0 Å². The molecule has 0 radical (unpaired) electrons. The number of hydrogen-bond acceptors (Lipinski definition) is 4. The fourth-order valence-corrected chi connectivity index (χ4v) is 5.18. The van der Waals surface area contributed by atoms with E-state index in [4.69, 9.17) is 18.0 Å². The molecule has 2 fully saturated rings. The number of fused-ring (bicyclic) bond motifs is 1. The predicted molar refractivity (Wildman–Crippen MR) is 76.0 cm³/mol. The van der Waals surface area contributed by atoms with E-state index < -0.39 is 8.80 Å². The first-order valence-electron chi connectivity index (χ1n) is 7.48. The van der Waals surface area contributed by atoms with Crippen molar-refractivity contribution >= 4 is 8.80 Å². The summed E-state index contributed by atoms with van der Waals surface area (Å²) >= 11 is 0. The number of allylic oxidation sites excluding steroid dienone is 1. The molecular weight excluding hydrogens is 260 g/mol. The molecule has 0 spiro atoms. The second kappa shape index (κ2) is 6.99. The summed E-state index contributed by atoms with van der Waals surface area (Å²) in [6, 6.07) is 0.787. The van der Waals surface area contributed by atoms with Gasteiger partial charge in [0.05, 0.1) is 12.2 Å². The lowest BCUT2D eigenvalue weighted by atomic mass is 9.95. The molecule has 5 heteroatoms. The van der Waals surface area contributed by atoms with Gasteiger partial charge in [0.15, 0.2) is 0 Å². The quantitative estimate of drug-likeness (QED) is 0.391. The number of rotatable bonds is 8. The molecule has 0 amide bonds. The van der Waals surface area contributed by atoms with Gasteiger partial charge in [0, 0.05) is 25.9 Å². The molecule has 0 N–H and O–H groups in total. The summed E-state index contributed by atoms with van der Waals surface area (Å²) in [5.41, 5.74) is 1.48. The third-order valence-corrected chi connectivity index (χ3v) is 6.52. The van der Waals surface area contributed by atoms with Crippen LogP contribution in [0.5, 0.6) is 0 Å². The van der Waals surface area contributed by atoms with Crippen LogP contribution in [0.3, 0.4) is 0 Å². The summed E-state index contributed by atoms with van der Waals surface area (Å²) in [6.45, 7) is 7.91. The van der Waals surface area contributed by atoms with Crippen LogP contribution in [-0.4, -0.2) is 40.8 Å². The lowest BCUT2D eigenvalue weighted by Gasteiger charge is -2.27. The van der Waals surface area contributed by atoms with E-state index in [1.165, 1.54) is 12.0 Å². The van der Waals surface area contributed by atoms with Crippen LogP contribution in [0.2, 0.25) is 6.04 Å². The van der Waals surface area contributed by atoms with Gasteiger partial charge in [-0.25, -0.2) is 0 Å². The third kappa shape index (κ3) is 4.13. The Balaban J connectivity index is 1.94. The smallest absolute Gasteiger partial charge is 0.374 e. The van der Waals surface area contributed by atoms with E-state index in [1.54, 1.807) is 0 Å². The lowest BCUT2D eigenvalue weighted by Crippen LogP contribution is -2.45. The molecule has 2 atom stereocenters. The first-order chi connectivity index (χ1) is 9.23. The molecule has 19 heavy (non-hydrogen) atoms. The Kier molecular flexibility index (Phi) is 5.59. The summed E-state index contributed by atoms with van der Waals surface area (Å²) in [7, 11) is -2.51. The lowest BCUT2D eigenvalue weighted by molar-refractivity contribution is 0.0742. The molecule has 0 bridgehead atoms. The predicted octanol–water partition coefficient (Wildman–Crippen LogP) is 2.91. The van der Waals surface area contributed by atoms with Crippen LogP contribution < -0.4 is 0 Å². The molecule has 2 rings (SSSR count). The van der Waals surface area contributed by atoms with Crippen molar-refractivity contribution in [1.82, 2.24) is 0 Å². The average Bonchev–Trinajstić information content (AvgIpc) is 3.16. The monoisotopic (exact) mass is 286 g/mol. The Morgan fingerprint density at radius 3 is 2.26 bits per heavy atom. The molecule has 1 aliphatic carbocycles. The van der Waals surface area contributed by atoms with Gasteiger partial charge in [-0.05, 0) is 40.0 Å². The summed E-state index contributed by atoms with van der Waals surface area (Å²) in [4.78, 5) is 0. The molecule has 4 nitrogen and oxygen atoms in total. The highest BCUT2D eigenvalue weighted by Gasteiger charge is 2.43. The highest BCUT2D eigenvalue weighted by atomic mass is 28.4. The summed E-state index contributed by atoms with van der Waals surface area (Å²) < 4.78 is 23.1. The molecule has 1 heterocycles. The van der Waals surface area contributed by atoms with E-state index in [9.17, 15) is 0 Å². The molecule has 110 valence electrons. The van der Waals surface area contributed by atoms with Gasteiger partial charge in [-0.1, -0.05) is 11.6 Å². The second-order valence-electron chi connectivity index (χ2n) is 5.00. The van der Waals surface area contributed by atoms with Gasteiger partial charge >= 0.3 is 8.80 Å². The van der Waals surface area contributed by atoms with Gasteiger partial charge < -0.3 is 18.0 Å². The molecule has 0 aromatic rings. The minimum atomic E-state index is -2.51. The molecule has 2 aliphatic rings. The second-order valence-corrected chi connectivity index (χ2v) is 7.64. The molecule has 1 saturated carbocycles. The molecule has 0 aromatic carbocycles. The van der Waals surface area contributed by atoms with Gasteiger partial charge in [0.25, 0.3) is 0 Å². The first kappa shape index (κ1) is 15.2. The van der Waals surface area contributed by atoms with Crippen molar-refractivity contribution in [3.05, 3.63) is 11.6 Å². The largest absolute Gasteiger partial charge is 0.504 e. The third-order valence-electron chi connectivity index (χ3n) is 3.63. The van der Waals surface area contributed by atoms with Gasteiger partial charge in [-0.15, -0.1) is 0 Å².